The lowest BCUT2D eigenvalue weighted by molar-refractivity contribution is 0.0623. The fraction of sp³-hybridized carbons (Fsp3) is 0.632. The number of fused-ring (bicyclic) bond motifs is 1. The van der Waals surface area contributed by atoms with Crippen molar-refractivity contribution in [1.29, 1.82) is 0 Å². The maximum atomic E-state index is 12.9. The van der Waals surface area contributed by atoms with Crippen molar-refractivity contribution in [2.24, 2.45) is 11.8 Å². The number of aromatic nitrogens is 3. The molecule has 0 N–H and O–H groups in total. The highest BCUT2D eigenvalue weighted by molar-refractivity contribution is 5.96. The third kappa shape index (κ3) is 2.80. The van der Waals surface area contributed by atoms with Crippen LogP contribution in [0, 0.1) is 11.8 Å². The minimum Gasteiger partial charge on any atom is -0.338 e. The maximum absolute atomic E-state index is 12.9. The van der Waals surface area contributed by atoms with E-state index in [9.17, 15) is 4.79 Å². The Labute approximate surface area is 143 Å². The Bertz CT molecular complexity index is 737. The van der Waals surface area contributed by atoms with Crippen molar-refractivity contribution in [3.05, 3.63) is 24.0 Å². The first-order valence-corrected chi connectivity index (χ1v) is 9.24. The van der Waals surface area contributed by atoms with E-state index in [1.165, 1.54) is 32.1 Å². The predicted octanol–water partition coefficient (Wildman–Crippen LogP) is 3.66. The summed E-state index contributed by atoms with van der Waals surface area (Å²) in [6.45, 7) is 6.15. The molecule has 1 saturated carbocycles. The lowest BCUT2D eigenvalue weighted by atomic mass is 9.91. The fourth-order valence-electron chi connectivity index (χ4n) is 4.48. The predicted molar refractivity (Wildman–Crippen MR) is 93.9 cm³/mol. The van der Waals surface area contributed by atoms with Gasteiger partial charge in [-0.25, -0.2) is 9.67 Å². The van der Waals surface area contributed by atoms with Gasteiger partial charge < -0.3 is 4.90 Å². The van der Waals surface area contributed by atoms with Gasteiger partial charge >= 0.3 is 0 Å². The molecular weight excluding hydrogens is 300 g/mol. The maximum Gasteiger partial charge on any atom is 0.255 e. The number of carbonyl (C=O) groups is 1. The van der Waals surface area contributed by atoms with Crippen molar-refractivity contribution in [3.63, 3.8) is 0 Å². The molecule has 2 fully saturated rings. The van der Waals surface area contributed by atoms with Crippen LogP contribution < -0.4 is 0 Å². The molecule has 1 saturated heterocycles. The number of pyridine rings is 1. The third-order valence-electron chi connectivity index (χ3n) is 5.51. The zero-order valence-corrected chi connectivity index (χ0v) is 14.6. The Morgan fingerprint density at radius 2 is 1.83 bits per heavy atom. The summed E-state index contributed by atoms with van der Waals surface area (Å²) in [5, 5.41) is 5.52. The molecule has 1 aliphatic heterocycles. The van der Waals surface area contributed by atoms with E-state index in [4.69, 9.17) is 0 Å². The molecule has 128 valence electrons. The molecular formula is C19H26N4O. The Balaban J connectivity index is 1.59. The molecule has 4 rings (SSSR count). The first-order valence-electron chi connectivity index (χ1n) is 9.24. The summed E-state index contributed by atoms with van der Waals surface area (Å²) in [6.07, 6.45) is 9.71. The number of amides is 1. The van der Waals surface area contributed by atoms with Gasteiger partial charge in [-0.1, -0.05) is 26.7 Å². The Hall–Kier alpha value is -1.91. The fourth-order valence-corrected chi connectivity index (χ4v) is 4.48. The molecule has 0 unspecified atom stereocenters. The molecule has 2 aliphatic rings. The van der Waals surface area contributed by atoms with Gasteiger partial charge in [0.15, 0.2) is 5.65 Å². The summed E-state index contributed by atoms with van der Waals surface area (Å²) in [5.41, 5.74) is 1.61. The van der Waals surface area contributed by atoms with Crippen molar-refractivity contribution in [1.82, 2.24) is 19.7 Å². The minimum absolute atomic E-state index is 0.108. The van der Waals surface area contributed by atoms with Crippen LogP contribution >= 0.6 is 0 Å². The van der Waals surface area contributed by atoms with E-state index in [-0.39, 0.29) is 5.91 Å². The van der Waals surface area contributed by atoms with Crippen molar-refractivity contribution in [2.45, 2.75) is 52.0 Å². The average molecular weight is 326 g/mol. The Morgan fingerprint density at radius 1 is 1.12 bits per heavy atom. The highest BCUT2D eigenvalue weighted by atomic mass is 16.2. The molecule has 1 aliphatic carbocycles. The first-order chi connectivity index (χ1) is 11.6. The Morgan fingerprint density at radius 3 is 2.54 bits per heavy atom. The molecule has 0 aromatic carbocycles. The summed E-state index contributed by atoms with van der Waals surface area (Å²) in [6, 6.07) is 2.44. The summed E-state index contributed by atoms with van der Waals surface area (Å²) in [7, 11) is 0. The molecule has 0 radical (unpaired) electrons. The van der Waals surface area contributed by atoms with Gasteiger partial charge in [-0.15, -0.1) is 0 Å². The van der Waals surface area contributed by atoms with Crippen LogP contribution in [0.25, 0.3) is 11.0 Å². The monoisotopic (exact) mass is 326 g/mol. The van der Waals surface area contributed by atoms with Gasteiger partial charge in [-0.2, -0.15) is 5.10 Å². The first kappa shape index (κ1) is 15.6. The molecule has 24 heavy (non-hydrogen) atoms. The average Bonchev–Trinajstić information content (AvgIpc) is 3.21. The molecule has 0 spiro atoms. The van der Waals surface area contributed by atoms with Crippen LogP contribution in [0.3, 0.4) is 0 Å². The van der Waals surface area contributed by atoms with E-state index in [0.717, 1.165) is 24.1 Å². The number of rotatable bonds is 2. The van der Waals surface area contributed by atoms with Crippen LogP contribution in [0.15, 0.2) is 18.5 Å². The highest BCUT2D eigenvalue weighted by Gasteiger charge is 2.27. The van der Waals surface area contributed by atoms with Crippen molar-refractivity contribution >= 4 is 16.9 Å². The number of piperidine rings is 1. The van der Waals surface area contributed by atoms with E-state index in [1.54, 1.807) is 6.20 Å². The SMILES string of the molecule is C[C@H]1C[C@H](C)CN(C(=O)c2cnc3c(cnn3C3CCCC3)c2)C1. The lowest BCUT2D eigenvalue weighted by Gasteiger charge is -2.35. The van der Waals surface area contributed by atoms with Crippen LogP contribution in [0.2, 0.25) is 0 Å². The molecule has 5 heteroatoms. The van der Waals surface area contributed by atoms with E-state index in [1.807, 2.05) is 17.2 Å². The van der Waals surface area contributed by atoms with Crippen LogP contribution in [-0.2, 0) is 0 Å². The number of hydrogen-bond acceptors (Lipinski definition) is 3. The zero-order valence-electron chi connectivity index (χ0n) is 14.6. The van der Waals surface area contributed by atoms with Gasteiger partial charge in [0.1, 0.15) is 0 Å². The molecule has 3 heterocycles. The largest absolute Gasteiger partial charge is 0.338 e. The van der Waals surface area contributed by atoms with Crippen molar-refractivity contribution in [3.8, 4) is 0 Å². The second-order valence-electron chi connectivity index (χ2n) is 7.82. The van der Waals surface area contributed by atoms with Gasteiger partial charge in [0, 0.05) is 24.7 Å². The standard InChI is InChI=1S/C19H26N4O/c1-13-7-14(2)12-22(11-13)19(24)16-8-15-10-21-23(18(15)20-9-16)17-5-3-4-6-17/h8-10,13-14,17H,3-7,11-12H2,1-2H3/t13-,14-/m0/s1. The number of likely N-dealkylation sites (tertiary alicyclic amines) is 1. The van der Waals surface area contributed by atoms with Gasteiger partial charge in [-0.05, 0) is 37.2 Å². The van der Waals surface area contributed by atoms with Gasteiger partial charge in [0.05, 0.1) is 17.8 Å². The van der Waals surface area contributed by atoms with Gasteiger partial charge in [0.25, 0.3) is 5.91 Å². The molecule has 5 nitrogen and oxygen atoms in total. The highest BCUT2D eigenvalue weighted by Crippen LogP contribution is 2.31. The number of hydrogen-bond donors (Lipinski definition) is 0. The summed E-state index contributed by atoms with van der Waals surface area (Å²) in [4.78, 5) is 19.4. The second-order valence-corrected chi connectivity index (χ2v) is 7.82. The van der Waals surface area contributed by atoms with Crippen LogP contribution in [0.1, 0.15) is 62.4 Å². The van der Waals surface area contributed by atoms with E-state index in [2.05, 4.69) is 28.6 Å². The molecule has 2 aromatic rings. The van der Waals surface area contributed by atoms with E-state index >= 15 is 0 Å². The van der Waals surface area contributed by atoms with Crippen molar-refractivity contribution < 1.29 is 4.79 Å². The van der Waals surface area contributed by atoms with Crippen molar-refractivity contribution in [2.75, 3.05) is 13.1 Å². The van der Waals surface area contributed by atoms with E-state index < -0.39 is 0 Å². The molecule has 0 bridgehead atoms. The lowest BCUT2D eigenvalue weighted by Crippen LogP contribution is -2.42. The summed E-state index contributed by atoms with van der Waals surface area (Å²) in [5.74, 6) is 1.25. The Kier molecular flexibility index (Phi) is 4.02. The molecule has 1 amide bonds. The van der Waals surface area contributed by atoms with Crippen LogP contribution in [-0.4, -0.2) is 38.7 Å². The topological polar surface area (TPSA) is 51.0 Å². The number of nitrogens with zero attached hydrogens (tertiary/aromatic N) is 4. The summed E-state index contributed by atoms with van der Waals surface area (Å²) >= 11 is 0. The zero-order chi connectivity index (χ0) is 16.7. The quantitative estimate of drug-likeness (QED) is 0.846. The summed E-state index contributed by atoms with van der Waals surface area (Å²) < 4.78 is 2.06. The minimum atomic E-state index is 0.108. The third-order valence-corrected chi connectivity index (χ3v) is 5.51. The molecule has 2 atom stereocenters. The number of carbonyl (C=O) groups excluding carboxylic acids is 1. The van der Waals surface area contributed by atoms with Crippen LogP contribution in [0.5, 0.6) is 0 Å². The van der Waals surface area contributed by atoms with Gasteiger partial charge in [0.2, 0.25) is 0 Å². The molecule has 2 aromatic heterocycles. The van der Waals surface area contributed by atoms with Crippen LogP contribution in [0.4, 0.5) is 0 Å². The second kappa shape index (κ2) is 6.19. The van der Waals surface area contributed by atoms with E-state index in [0.29, 0.717) is 23.4 Å². The normalized spacial score (nSPS) is 25.5. The smallest absolute Gasteiger partial charge is 0.255 e. The van der Waals surface area contributed by atoms with Gasteiger partial charge in [-0.3, -0.25) is 4.79 Å².